The van der Waals surface area contributed by atoms with E-state index in [2.05, 4.69) is 9.46 Å². The third-order valence-corrected chi connectivity index (χ3v) is 3.94. The van der Waals surface area contributed by atoms with E-state index in [1.165, 1.54) is 24.9 Å². The Bertz CT molecular complexity index is 434. The van der Waals surface area contributed by atoms with Crippen molar-refractivity contribution in [3.05, 3.63) is 16.3 Å². The molecule has 1 heterocycles. The molecule has 78 valence electrons. The minimum absolute atomic E-state index is 0.0446. The summed E-state index contributed by atoms with van der Waals surface area (Å²) < 4.78 is 29.4. The number of esters is 1. The molecule has 1 rings (SSSR count). The van der Waals surface area contributed by atoms with Gasteiger partial charge in [0.05, 0.1) is 12.7 Å². The van der Waals surface area contributed by atoms with E-state index in [1.54, 1.807) is 0 Å². The Balaban J connectivity index is 3.25. The van der Waals surface area contributed by atoms with Gasteiger partial charge < -0.3 is 4.74 Å². The summed E-state index contributed by atoms with van der Waals surface area (Å²) in [6, 6.07) is 0. The summed E-state index contributed by atoms with van der Waals surface area (Å²) in [6.07, 6.45) is 0. The highest BCUT2D eigenvalue weighted by atomic mass is 32.2. The van der Waals surface area contributed by atoms with E-state index in [0.717, 1.165) is 11.3 Å². The molecule has 0 saturated heterocycles. The topological polar surface area (TPSA) is 72.5 Å². The zero-order valence-electron chi connectivity index (χ0n) is 7.60. The molecule has 0 unspecified atom stereocenters. The molecule has 0 aliphatic carbocycles. The molecule has 5 nitrogen and oxygen atoms in total. The average Bonchev–Trinajstić information content (AvgIpc) is 2.65. The van der Waals surface area contributed by atoms with Crippen molar-refractivity contribution in [1.29, 1.82) is 0 Å². The van der Waals surface area contributed by atoms with Gasteiger partial charge >= 0.3 is 5.97 Å². The molecule has 0 fully saturated rings. The van der Waals surface area contributed by atoms with Gasteiger partial charge in [0.1, 0.15) is 4.90 Å². The Hall–Kier alpha value is -0.920. The molecule has 1 aromatic rings. The van der Waals surface area contributed by atoms with E-state index in [-0.39, 0.29) is 10.5 Å². The fraction of sp³-hybridized carbons (Fsp3) is 0.286. The second-order valence-corrected chi connectivity index (χ2v) is 4.95. The van der Waals surface area contributed by atoms with Crippen LogP contribution in [-0.4, -0.2) is 28.5 Å². The maximum Gasteiger partial charge on any atom is 0.340 e. The second kappa shape index (κ2) is 4.07. The van der Waals surface area contributed by atoms with Crippen molar-refractivity contribution in [3.63, 3.8) is 0 Å². The van der Waals surface area contributed by atoms with Crippen molar-refractivity contribution in [2.75, 3.05) is 14.2 Å². The number of rotatable bonds is 3. The molecule has 7 heteroatoms. The first-order valence-electron chi connectivity index (χ1n) is 3.61. The van der Waals surface area contributed by atoms with Gasteiger partial charge in [-0.2, -0.15) is 11.3 Å². The van der Waals surface area contributed by atoms with E-state index in [0.29, 0.717) is 0 Å². The van der Waals surface area contributed by atoms with Crippen molar-refractivity contribution >= 4 is 27.3 Å². The van der Waals surface area contributed by atoms with E-state index in [4.69, 9.17) is 0 Å². The summed E-state index contributed by atoms with van der Waals surface area (Å²) in [4.78, 5) is 11.1. The number of ether oxygens (including phenoxy) is 1. The Morgan fingerprint density at radius 3 is 2.64 bits per heavy atom. The quantitative estimate of drug-likeness (QED) is 0.772. The van der Waals surface area contributed by atoms with Gasteiger partial charge in [0.2, 0.25) is 10.0 Å². The largest absolute Gasteiger partial charge is 0.465 e. The Kier molecular flexibility index (Phi) is 3.25. The van der Waals surface area contributed by atoms with Crippen LogP contribution >= 0.6 is 11.3 Å². The van der Waals surface area contributed by atoms with Crippen LogP contribution in [0.5, 0.6) is 0 Å². The normalized spacial score (nSPS) is 11.3. The molecule has 0 bridgehead atoms. The van der Waals surface area contributed by atoms with E-state index in [1.807, 2.05) is 0 Å². The van der Waals surface area contributed by atoms with Crippen LogP contribution in [0, 0.1) is 0 Å². The molecular formula is C7H9NO4S2. The molecule has 0 atom stereocenters. The number of carbonyl (C=O) groups excluding carboxylic acids is 1. The summed E-state index contributed by atoms with van der Waals surface area (Å²) in [5.74, 6) is -0.653. The van der Waals surface area contributed by atoms with Crippen LogP contribution in [-0.2, 0) is 14.8 Å². The molecule has 0 saturated carbocycles. The van der Waals surface area contributed by atoms with E-state index in [9.17, 15) is 13.2 Å². The summed E-state index contributed by atoms with van der Waals surface area (Å²) in [5.41, 5.74) is 0.0619. The minimum Gasteiger partial charge on any atom is -0.465 e. The first-order chi connectivity index (χ1) is 6.53. The lowest BCUT2D eigenvalue weighted by atomic mass is 10.3. The third kappa shape index (κ3) is 1.94. The first-order valence-corrected chi connectivity index (χ1v) is 6.03. The lowest BCUT2D eigenvalue weighted by Gasteiger charge is -2.02. The number of thiophene rings is 1. The maximum absolute atomic E-state index is 11.4. The van der Waals surface area contributed by atoms with Gasteiger partial charge in [-0.25, -0.2) is 17.9 Å². The van der Waals surface area contributed by atoms with Gasteiger partial charge in [0, 0.05) is 10.8 Å². The highest BCUT2D eigenvalue weighted by Gasteiger charge is 2.22. The predicted octanol–water partition coefficient (Wildman–Crippen LogP) is 0.443. The van der Waals surface area contributed by atoms with Crippen LogP contribution in [0.3, 0.4) is 0 Å². The van der Waals surface area contributed by atoms with Crippen LogP contribution in [0.25, 0.3) is 0 Å². The molecule has 0 aliphatic rings. The molecule has 0 radical (unpaired) electrons. The standard InChI is InChI=1S/C7H9NO4S2/c1-8-14(10,11)6-4-13-3-5(6)7(9)12-2/h3-4,8H,1-2H3. The summed E-state index contributed by atoms with van der Waals surface area (Å²) >= 11 is 1.13. The van der Waals surface area contributed by atoms with Crippen LogP contribution in [0.2, 0.25) is 0 Å². The smallest absolute Gasteiger partial charge is 0.340 e. The van der Waals surface area contributed by atoms with Gasteiger partial charge in [0.25, 0.3) is 0 Å². The Morgan fingerprint density at radius 1 is 1.50 bits per heavy atom. The predicted molar refractivity (Wildman–Crippen MR) is 51.9 cm³/mol. The molecule has 14 heavy (non-hydrogen) atoms. The summed E-state index contributed by atoms with van der Waals surface area (Å²) in [6.45, 7) is 0. The van der Waals surface area contributed by atoms with Crippen LogP contribution in [0.1, 0.15) is 10.4 Å². The molecular weight excluding hydrogens is 226 g/mol. The van der Waals surface area contributed by atoms with Crippen molar-refractivity contribution in [2.45, 2.75) is 4.90 Å². The molecule has 1 aromatic heterocycles. The van der Waals surface area contributed by atoms with Crippen molar-refractivity contribution in [2.24, 2.45) is 0 Å². The van der Waals surface area contributed by atoms with Gasteiger partial charge in [-0.15, -0.1) is 0 Å². The van der Waals surface area contributed by atoms with Gasteiger partial charge in [-0.3, -0.25) is 0 Å². The van der Waals surface area contributed by atoms with Crippen LogP contribution in [0.4, 0.5) is 0 Å². The van der Waals surface area contributed by atoms with Gasteiger partial charge in [-0.05, 0) is 7.05 Å². The van der Waals surface area contributed by atoms with Crippen LogP contribution in [0.15, 0.2) is 15.7 Å². The number of hydrogen-bond donors (Lipinski definition) is 1. The average molecular weight is 235 g/mol. The number of sulfonamides is 1. The lowest BCUT2D eigenvalue weighted by Crippen LogP contribution is -2.20. The highest BCUT2D eigenvalue weighted by molar-refractivity contribution is 7.89. The third-order valence-electron chi connectivity index (χ3n) is 1.59. The van der Waals surface area contributed by atoms with E-state index < -0.39 is 16.0 Å². The molecule has 0 aliphatic heterocycles. The number of methoxy groups -OCH3 is 1. The number of nitrogens with one attached hydrogen (secondary N) is 1. The zero-order chi connectivity index (χ0) is 10.8. The lowest BCUT2D eigenvalue weighted by molar-refractivity contribution is 0.0597. The SMILES string of the molecule is CNS(=O)(=O)c1cscc1C(=O)OC. The highest BCUT2D eigenvalue weighted by Crippen LogP contribution is 2.20. The number of hydrogen-bond acceptors (Lipinski definition) is 5. The Morgan fingerprint density at radius 2 is 2.14 bits per heavy atom. The fourth-order valence-electron chi connectivity index (χ4n) is 0.862. The van der Waals surface area contributed by atoms with Gasteiger partial charge in [0.15, 0.2) is 0 Å². The summed E-state index contributed by atoms with van der Waals surface area (Å²) in [7, 11) is -1.09. The van der Waals surface area contributed by atoms with Crippen molar-refractivity contribution in [3.8, 4) is 0 Å². The van der Waals surface area contributed by atoms with Crippen molar-refractivity contribution in [1.82, 2.24) is 4.72 Å². The molecule has 0 amide bonds. The molecule has 1 N–H and O–H groups in total. The van der Waals surface area contributed by atoms with E-state index >= 15 is 0 Å². The minimum atomic E-state index is -3.58. The number of carbonyl (C=O) groups is 1. The first kappa shape index (κ1) is 11.2. The Labute approximate surface area is 85.8 Å². The van der Waals surface area contributed by atoms with Crippen molar-refractivity contribution < 1.29 is 17.9 Å². The maximum atomic E-state index is 11.4. The zero-order valence-corrected chi connectivity index (χ0v) is 9.24. The molecule has 0 spiro atoms. The van der Waals surface area contributed by atoms with Crippen LogP contribution < -0.4 is 4.72 Å². The van der Waals surface area contributed by atoms with Gasteiger partial charge in [-0.1, -0.05) is 0 Å². The fourth-order valence-corrected chi connectivity index (χ4v) is 2.94. The molecule has 0 aromatic carbocycles. The second-order valence-electron chi connectivity index (χ2n) is 2.35. The summed E-state index contributed by atoms with van der Waals surface area (Å²) in [5, 5.41) is 2.83. The monoisotopic (exact) mass is 235 g/mol.